The molecule has 0 N–H and O–H groups in total. The van der Waals surface area contributed by atoms with Crippen molar-refractivity contribution in [3.8, 4) is 11.5 Å². The van der Waals surface area contributed by atoms with Gasteiger partial charge in [-0.15, -0.1) is 10.2 Å². The SMILES string of the molecule is CC1=Nc2nnnn2C(c2cccc3ccccc23)C1c1nnc(-c2ccccc2)o1. The van der Waals surface area contributed by atoms with Crippen LogP contribution in [0.1, 0.15) is 30.3 Å². The van der Waals surface area contributed by atoms with Crippen molar-refractivity contribution < 1.29 is 4.42 Å². The molecule has 8 heteroatoms. The molecule has 0 aliphatic carbocycles. The number of aliphatic imine (C=N–C) groups is 1. The highest BCUT2D eigenvalue weighted by atomic mass is 16.4. The quantitative estimate of drug-likeness (QED) is 0.441. The summed E-state index contributed by atoms with van der Waals surface area (Å²) in [6.07, 6.45) is 0. The van der Waals surface area contributed by atoms with E-state index >= 15 is 0 Å². The minimum absolute atomic E-state index is 0.266. The van der Waals surface area contributed by atoms with Crippen LogP contribution in [0.25, 0.3) is 22.2 Å². The fourth-order valence-electron chi connectivity index (χ4n) is 4.23. The first kappa shape index (κ1) is 17.6. The first-order valence-electron chi connectivity index (χ1n) is 9.99. The van der Waals surface area contributed by atoms with Crippen LogP contribution in [0.15, 0.2) is 82.2 Å². The van der Waals surface area contributed by atoms with Crippen LogP contribution in [0.5, 0.6) is 0 Å². The summed E-state index contributed by atoms with van der Waals surface area (Å²) in [7, 11) is 0. The first-order chi connectivity index (χ1) is 15.3. The zero-order valence-corrected chi connectivity index (χ0v) is 16.6. The molecule has 5 aromatic rings. The summed E-state index contributed by atoms with van der Waals surface area (Å²) >= 11 is 0. The summed E-state index contributed by atoms with van der Waals surface area (Å²) in [6, 6.07) is 24.0. The molecule has 150 valence electrons. The Balaban J connectivity index is 1.54. The van der Waals surface area contributed by atoms with Crippen molar-refractivity contribution in [1.29, 1.82) is 0 Å². The summed E-state index contributed by atoms with van der Waals surface area (Å²) in [6.45, 7) is 1.95. The lowest BCUT2D eigenvalue weighted by Gasteiger charge is -2.29. The van der Waals surface area contributed by atoms with Crippen LogP contribution >= 0.6 is 0 Å². The van der Waals surface area contributed by atoms with Crippen molar-refractivity contribution in [2.24, 2.45) is 4.99 Å². The third-order valence-corrected chi connectivity index (χ3v) is 5.65. The standard InChI is InChI=1S/C23H17N7O/c1-14-19(22-26-25-21(31-22)16-9-3-2-4-10-16)20(30-23(24-14)27-28-29-30)18-13-7-11-15-8-5-6-12-17(15)18/h2-13,19-20H,1H3. The number of hydrogen-bond donors (Lipinski definition) is 0. The summed E-state index contributed by atoms with van der Waals surface area (Å²) in [4.78, 5) is 4.62. The Morgan fingerprint density at radius 2 is 1.65 bits per heavy atom. The highest BCUT2D eigenvalue weighted by Gasteiger charge is 2.39. The molecular formula is C23H17N7O. The summed E-state index contributed by atoms with van der Waals surface area (Å²) in [5.74, 6) is 1.13. The van der Waals surface area contributed by atoms with Gasteiger partial charge in [0.05, 0.1) is 0 Å². The number of nitrogens with zero attached hydrogens (tertiary/aromatic N) is 7. The van der Waals surface area contributed by atoms with Gasteiger partial charge in [0.2, 0.25) is 11.8 Å². The Morgan fingerprint density at radius 1 is 0.839 bits per heavy atom. The lowest BCUT2D eigenvalue weighted by atomic mass is 9.86. The molecule has 0 fully saturated rings. The minimum atomic E-state index is -0.299. The second-order valence-electron chi connectivity index (χ2n) is 7.48. The molecule has 8 nitrogen and oxygen atoms in total. The van der Waals surface area contributed by atoms with Crippen molar-refractivity contribution in [2.45, 2.75) is 18.9 Å². The maximum atomic E-state index is 6.15. The largest absolute Gasteiger partial charge is 0.420 e. The molecule has 2 aromatic heterocycles. The van der Waals surface area contributed by atoms with Crippen LogP contribution in [-0.4, -0.2) is 36.1 Å². The Labute approximate surface area is 177 Å². The summed E-state index contributed by atoms with van der Waals surface area (Å²) in [5.41, 5.74) is 2.77. The maximum Gasteiger partial charge on any atom is 0.269 e. The van der Waals surface area contributed by atoms with E-state index in [2.05, 4.69) is 55.0 Å². The summed E-state index contributed by atoms with van der Waals surface area (Å²) in [5, 5.41) is 23.2. The van der Waals surface area contributed by atoms with E-state index in [9.17, 15) is 0 Å². The second kappa shape index (κ2) is 6.94. The topological polar surface area (TPSA) is 94.9 Å². The predicted molar refractivity (Wildman–Crippen MR) is 115 cm³/mol. The molecule has 0 spiro atoms. The molecule has 0 saturated heterocycles. The Bertz CT molecular complexity index is 1410. The van der Waals surface area contributed by atoms with Gasteiger partial charge in [-0.25, -0.2) is 9.67 Å². The van der Waals surface area contributed by atoms with Crippen molar-refractivity contribution in [2.75, 3.05) is 0 Å². The third-order valence-electron chi connectivity index (χ3n) is 5.65. The van der Waals surface area contributed by atoms with Gasteiger partial charge in [-0.3, -0.25) is 0 Å². The van der Waals surface area contributed by atoms with Gasteiger partial charge in [-0.2, -0.15) is 0 Å². The van der Waals surface area contributed by atoms with Crippen LogP contribution in [-0.2, 0) is 0 Å². The highest BCUT2D eigenvalue weighted by Crippen LogP contribution is 2.42. The first-order valence-corrected chi connectivity index (χ1v) is 9.99. The zero-order chi connectivity index (χ0) is 20.8. The number of hydrogen-bond acceptors (Lipinski definition) is 7. The van der Waals surface area contributed by atoms with E-state index in [1.54, 1.807) is 4.68 Å². The average Bonchev–Trinajstić information content (AvgIpc) is 3.48. The number of benzene rings is 3. The number of rotatable bonds is 3. The van der Waals surface area contributed by atoms with Gasteiger partial charge in [0, 0.05) is 11.3 Å². The lowest BCUT2D eigenvalue weighted by molar-refractivity contribution is 0.406. The highest BCUT2D eigenvalue weighted by molar-refractivity contribution is 5.93. The lowest BCUT2D eigenvalue weighted by Crippen LogP contribution is -2.29. The van der Waals surface area contributed by atoms with Crippen LogP contribution in [0.3, 0.4) is 0 Å². The predicted octanol–water partition coefficient (Wildman–Crippen LogP) is 4.36. The molecule has 1 aliphatic heterocycles. The normalized spacial score (nSPS) is 18.0. The van der Waals surface area contributed by atoms with Gasteiger partial charge in [-0.1, -0.05) is 65.8 Å². The number of aromatic nitrogens is 6. The Hall–Kier alpha value is -4.20. The minimum Gasteiger partial charge on any atom is -0.420 e. The molecule has 2 unspecified atom stereocenters. The van der Waals surface area contributed by atoms with Gasteiger partial charge in [0.15, 0.2) is 0 Å². The Kier molecular flexibility index (Phi) is 3.95. The fraction of sp³-hybridized carbons (Fsp3) is 0.130. The summed E-state index contributed by atoms with van der Waals surface area (Å²) < 4.78 is 7.89. The average molecular weight is 407 g/mol. The van der Waals surface area contributed by atoms with E-state index in [0.29, 0.717) is 17.7 Å². The van der Waals surface area contributed by atoms with Crippen molar-refractivity contribution in [1.82, 2.24) is 30.4 Å². The molecule has 0 amide bonds. The van der Waals surface area contributed by atoms with Crippen LogP contribution < -0.4 is 0 Å². The van der Waals surface area contributed by atoms with Gasteiger partial charge < -0.3 is 4.42 Å². The van der Waals surface area contributed by atoms with Crippen molar-refractivity contribution >= 4 is 22.4 Å². The van der Waals surface area contributed by atoms with Gasteiger partial charge in [0.1, 0.15) is 12.0 Å². The molecule has 3 heterocycles. The zero-order valence-electron chi connectivity index (χ0n) is 16.6. The molecule has 6 rings (SSSR count). The van der Waals surface area contributed by atoms with E-state index in [1.165, 1.54) is 0 Å². The van der Waals surface area contributed by atoms with E-state index in [4.69, 9.17) is 4.42 Å². The van der Waals surface area contributed by atoms with Crippen LogP contribution in [0.4, 0.5) is 5.95 Å². The van der Waals surface area contributed by atoms with Crippen LogP contribution in [0.2, 0.25) is 0 Å². The molecule has 1 aliphatic rings. The third kappa shape index (κ3) is 2.83. The molecule has 2 atom stereocenters. The van der Waals surface area contributed by atoms with Crippen molar-refractivity contribution in [3.05, 3.63) is 84.3 Å². The molecule has 3 aromatic carbocycles. The second-order valence-corrected chi connectivity index (χ2v) is 7.48. The monoisotopic (exact) mass is 407 g/mol. The molecular weight excluding hydrogens is 390 g/mol. The van der Waals surface area contributed by atoms with Crippen molar-refractivity contribution in [3.63, 3.8) is 0 Å². The smallest absolute Gasteiger partial charge is 0.269 e. The molecule has 31 heavy (non-hydrogen) atoms. The molecule has 0 saturated carbocycles. The Morgan fingerprint density at radius 3 is 2.55 bits per heavy atom. The van der Waals surface area contributed by atoms with E-state index in [0.717, 1.165) is 27.6 Å². The van der Waals surface area contributed by atoms with E-state index in [-0.39, 0.29) is 12.0 Å². The van der Waals surface area contributed by atoms with E-state index in [1.807, 2.05) is 55.5 Å². The van der Waals surface area contributed by atoms with Gasteiger partial charge in [0.25, 0.3) is 5.95 Å². The van der Waals surface area contributed by atoms with Crippen LogP contribution in [0, 0.1) is 0 Å². The van der Waals surface area contributed by atoms with E-state index < -0.39 is 0 Å². The molecule has 0 bridgehead atoms. The fourth-order valence-corrected chi connectivity index (χ4v) is 4.23. The molecule has 0 radical (unpaired) electrons. The van der Waals surface area contributed by atoms with Gasteiger partial charge in [-0.05, 0) is 45.8 Å². The maximum absolute atomic E-state index is 6.15. The number of fused-ring (bicyclic) bond motifs is 2. The van der Waals surface area contributed by atoms with Gasteiger partial charge >= 0.3 is 0 Å². The number of tetrazole rings is 1.